The SMILES string of the molecule is CCCN(CCC)CCNC(=O)c1ccc(CN2CC(=O)N3CCCC[C@H]3C2=O)cc1. The lowest BCUT2D eigenvalue weighted by atomic mass is 9.98. The van der Waals surface area contributed by atoms with Crippen molar-refractivity contribution in [2.45, 2.75) is 58.5 Å². The van der Waals surface area contributed by atoms with Gasteiger partial charge in [-0.1, -0.05) is 26.0 Å². The highest BCUT2D eigenvalue weighted by Crippen LogP contribution is 2.24. The van der Waals surface area contributed by atoms with E-state index in [1.807, 2.05) is 12.1 Å². The maximum absolute atomic E-state index is 12.8. The number of piperazine rings is 1. The van der Waals surface area contributed by atoms with E-state index in [0.29, 0.717) is 25.2 Å². The predicted molar refractivity (Wildman–Crippen MR) is 121 cm³/mol. The van der Waals surface area contributed by atoms with Gasteiger partial charge in [0.05, 0.1) is 0 Å². The number of rotatable bonds is 10. The van der Waals surface area contributed by atoms with Gasteiger partial charge in [-0.25, -0.2) is 0 Å². The molecule has 0 unspecified atom stereocenters. The third-order valence-electron chi connectivity index (χ3n) is 6.13. The highest BCUT2D eigenvalue weighted by atomic mass is 16.2. The maximum atomic E-state index is 12.8. The minimum absolute atomic E-state index is 0.0421. The number of carbonyl (C=O) groups is 3. The van der Waals surface area contributed by atoms with Crippen LogP contribution < -0.4 is 5.32 Å². The Bertz CT molecular complexity index is 759. The molecule has 170 valence electrons. The summed E-state index contributed by atoms with van der Waals surface area (Å²) in [5.41, 5.74) is 1.54. The standard InChI is InChI=1S/C24H36N4O3/c1-3-13-26(14-4-2)16-12-25-23(30)20-10-8-19(9-11-20)17-27-18-22(29)28-15-6-5-7-21(28)24(27)31/h8-11,21H,3-7,12-18H2,1-2H3,(H,25,30)/t21-/m0/s1. The van der Waals surface area contributed by atoms with Gasteiger partial charge in [-0.15, -0.1) is 0 Å². The van der Waals surface area contributed by atoms with E-state index in [4.69, 9.17) is 0 Å². The number of nitrogens with zero attached hydrogens (tertiary/aromatic N) is 3. The number of nitrogens with one attached hydrogen (secondary N) is 1. The summed E-state index contributed by atoms with van der Waals surface area (Å²) in [7, 11) is 0. The average molecular weight is 429 g/mol. The molecule has 0 radical (unpaired) electrons. The lowest BCUT2D eigenvalue weighted by Crippen LogP contribution is -2.60. The second-order valence-corrected chi connectivity index (χ2v) is 8.59. The van der Waals surface area contributed by atoms with Gasteiger partial charge < -0.3 is 20.0 Å². The van der Waals surface area contributed by atoms with Gasteiger partial charge in [0.15, 0.2) is 0 Å². The average Bonchev–Trinajstić information content (AvgIpc) is 2.78. The summed E-state index contributed by atoms with van der Waals surface area (Å²) in [6.45, 7) is 9.16. The van der Waals surface area contributed by atoms with Crippen molar-refractivity contribution in [3.63, 3.8) is 0 Å². The van der Waals surface area contributed by atoms with Crippen LogP contribution in [0, 0.1) is 0 Å². The summed E-state index contributed by atoms with van der Waals surface area (Å²) in [6.07, 6.45) is 4.95. The van der Waals surface area contributed by atoms with Crippen LogP contribution in [0.2, 0.25) is 0 Å². The van der Waals surface area contributed by atoms with Crippen LogP contribution in [0.25, 0.3) is 0 Å². The predicted octanol–water partition coefficient (Wildman–Crippen LogP) is 2.26. The minimum atomic E-state index is -0.292. The molecule has 1 aromatic carbocycles. The van der Waals surface area contributed by atoms with E-state index < -0.39 is 0 Å². The maximum Gasteiger partial charge on any atom is 0.251 e. The van der Waals surface area contributed by atoms with E-state index in [2.05, 4.69) is 24.1 Å². The van der Waals surface area contributed by atoms with E-state index in [-0.39, 0.29) is 30.3 Å². The van der Waals surface area contributed by atoms with Crippen LogP contribution in [0.15, 0.2) is 24.3 Å². The molecule has 0 aliphatic carbocycles. The molecular weight excluding hydrogens is 392 g/mol. The molecule has 7 heteroatoms. The Labute approximate surface area is 185 Å². The summed E-state index contributed by atoms with van der Waals surface area (Å²) >= 11 is 0. The molecule has 0 spiro atoms. The second kappa shape index (κ2) is 11.3. The summed E-state index contributed by atoms with van der Waals surface area (Å²) < 4.78 is 0. The Morgan fingerprint density at radius 2 is 1.77 bits per heavy atom. The second-order valence-electron chi connectivity index (χ2n) is 8.59. The zero-order chi connectivity index (χ0) is 22.2. The molecule has 0 saturated carbocycles. The number of piperidine rings is 1. The number of amides is 3. The van der Waals surface area contributed by atoms with Crippen molar-refractivity contribution in [1.82, 2.24) is 20.0 Å². The summed E-state index contributed by atoms with van der Waals surface area (Å²) in [6, 6.07) is 7.05. The van der Waals surface area contributed by atoms with E-state index >= 15 is 0 Å². The number of fused-ring (bicyclic) bond motifs is 1. The summed E-state index contributed by atoms with van der Waals surface area (Å²) in [5, 5.41) is 3.00. The Balaban J connectivity index is 1.51. The van der Waals surface area contributed by atoms with Gasteiger partial charge in [0, 0.05) is 31.7 Å². The van der Waals surface area contributed by atoms with Gasteiger partial charge in [0.25, 0.3) is 5.91 Å². The van der Waals surface area contributed by atoms with Gasteiger partial charge in [0.2, 0.25) is 11.8 Å². The molecule has 2 saturated heterocycles. The number of hydrogen-bond donors (Lipinski definition) is 1. The molecular formula is C24H36N4O3. The fourth-order valence-electron chi connectivity index (χ4n) is 4.54. The molecule has 3 amide bonds. The van der Waals surface area contributed by atoms with Gasteiger partial charge in [-0.3, -0.25) is 14.4 Å². The highest BCUT2D eigenvalue weighted by molar-refractivity contribution is 5.95. The zero-order valence-electron chi connectivity index (χ0n) is 18.9. The van der Waals surface area contributed by atoms with E-state index in [1.165, 1.54) is 0 Å². The molecule has 2 fully saturated rings. The van der Waals surface area contributed by atoms with Crippen molar-refractivity contribution < 1.29 is 14.4 Å². The third-order valence-corrected chi connectivity index (χ3v) is 6.13. The van der Waals surface area contributed by atoms with Crippen molar-refractivity contribution in [2.75, 3.05) is 39.3 Å². The molecule has 0 bridgehead atoms. The lowest BCUT2D eigenvalue weighted by Gasteiger charge is -2.42. The monoisotopic (exact) mass is 428 g/mol. The van der Waals surface area contributed by atoms with Crippen LogP contribution in [-0.2, 0) is 16.1 Å². The molecule has 7 nitrogen and oxygen atoms in total. The first-order chi connectivity index (χ1) is 15.0. The van der Waals surface area contributed by atoms with Gasteiger partial charge in [0.1, 0.15) is 12.6 Å². The molecule has 1 N–H and O–H groups in total. The van der Waals surface area contributed by atoms with Crippen LogP contribution in [0.5, 0.6) is 0 Å². The Hall–Kier alpha value is -2.41. The van der Waals surface area contributed by atoms with Crippen LogP contribution in [0.1, 0.15) is 61.9 Å². The summed E-state index contributed by atoms with van der Waals surface area (Å²) in [5.74, 6) is 0.00638. The fourth-order valence-corrected chi connectivity index (χ4v) is 4.54. The van der Waals surface area contributed by atoms with Crippen molar-refractivity contribution in [1.29, 1.82) is 0 Å². The van der Waals surface area contributed by atoms with Crippen LogP contribution >= 0.6 is 0 Å². The molecule has 2 heterocycles. The van der Waals surface area contributed by atoms with Crippen molar-refractivity contribution in [2.24, 2.45) is 0 Å². The summed E-state index contributed by atoms with van der Waals surface area (Å²) in [4.78, 5) is 43.5. The Morgan fingerprint density at radius 3 is 2.45 bits per heavy atom. The largest absolute Gasteiger partial charge is 0.351 e. The Morgan fingerprint density at radius 1 is 1.06 bits per heavy atom. The van der Waals surface area contributed by atoms with Gasteiger partial charge >= 0.3 is 0 Å². The number of hydrogen-bond acceptors (Lipinski definition) is 4. The molecule has 2 aliphatic heterocycles. The van der Waals surface area contributed by atoms with Crippen LogP contribution in [0.3, 0.4) is 0 Å². The first-order valence-corrected chi connectivity index (χ1v) is 11.7. The number of benzene rings is 1. The molecule has 1 aromatic rings. The first-order valence-electron chi connectivity index (χ1n) is 11.7. The van der Waals surface area contributed by atoms with E-state index in [1.54, 1.807) is 21.9 Å². The topological polar surface area (TPSA) is 73.0 Å². The first kappa shape index (κ1) is 23.3. The molecule has 31 heavy (non-hydrogen) atoms. The van der Waals surface area contributed by atoms with Gasteiger partial charge in [-0.05, 0) is 62.9 Å². The van der Waals surface area contributed by atoms with Crippen molar-refractivity contribution in [3.8, 4) is 0 Å². The molecule has 2 aliphatic rings. The van der Waals surface area contributed by atoms with Gasteiger partial charge in [-0.2, -0.15) is 0 Å². The Kier molecular flexibility index (Phi) is 8.46. The van der Waals surface area contributed by atoms with E-state index in [9.17, 15) is 14.4 Å². The number of carbonyl (C=O) groups excluding carboxylic acids is 3. The molecule has 3 rings (SSSR count). The highest BCUT2D eigenvalue weighted by Gasteiger charge is 2.40. The zero-order valence-corrected chi connectivity index (χ0v) is 18.9. The van der Waals surface area contributed by atoms with Crippen molar-refractivity contribution in [3.05, 3.63) is 35.4 Å². The van der Waals surface area contributed by atoms with Crippen LogP contribution in [-0.4, -0.2) is 77.7 Å². The third kappa shape index (κ3) is 6.06. The molecule has 0 aromatic heterocycles. The van der Waals surface area contributed by atoms with Crippen molar-refractivity contribution >= 4 is 17.7 Å². The molecule has 1 atom stereocenters. The van der Waals surface area contributed by atoms with E-state index in [0.717, 1.165) is 57.3 Å². The smallest absolute Gasteiger partial charge is 0.251 e. The van der Waals surface area contributed by atoms with Crippen LogP contribution in [0.4, 0.5) is 0 Å². The quantitative estimate of drug-likeness (QED) is 0.621. The normalized spacial score (nSPS) is 19.0. The minimum Gasteiger partial charge on any atom is -0.351 e. The lowest BCUT2D eigenvalue weighted by molar-refractivity contribution is -0.158. The fraction of sp³-hybridized carbons (Fsp3) is 0.625.